The summed E-state index contributed by atoms with van der Waals surface area (Å²) < 4.78 is 9.92. The summed E-state index contributed by atoms with van der Waals surface area (Å²) in [6, 6.07) is 2.96. The lowest BCUT2D eigenvalue weighted by atomic mass is 10.2. The van der Waals surface area contributed by atoms with Gasteiger partial charge in [-0.05, 0) is 11.2 Å². The smallest absolute Gasteiger partial charge is 0.377 e. The molecular formula is C10H8ClN3O4. The van der Waals surface area contributed by atoms with Gasteiger partial charge in [-0.1, -0.05) is 11.6 Å². The van der Waals surface area contributed by atoms with E-state index in [9.17, 15) is 4.79 Å². The van der Waals surface area contributed by atoms with Gasteiger partial charge in [0.1, 0.15) is 5.75 Å². The Kier molecular flexibility index (Phi) is 3.07. The Morgan fingerprint density at radius 3 is 2.83 bits per heavy atom. The number of carbonyl (C=O) groups is 1. The minimum absolute atomic E-state index is 0.00819. The first-order valence-corrected chi connectivity index (χ1v) is 5.11. The highest BCUT2D eigenvalue weighted by Gasteiger charge is 2.18. The number of nitrogen functional groups attached to an aromatic ring is 1. The third-order valence-electron chi connectivity index (χ3n) is 2.17. The van der Waals surface area contributed by atoms with E-state index in [0.29, 0.717) is 17.0 Å². The van der Waals surface area contributed by atoms with Crippen molar-refractivity contribution in [2.24, 2.45) is 0 Å². The second-order valence-corrected chi connectivity index (χ2v) is 3.71. The van der Waals surface area contributed by atoms with Crippen LogP contribution in [0.1, 0.15) is 10.6 Å². The molecule has 0 saturated heterocycles. The van der Waals surface area contributed by atoms with Gasteiger partial charge in [0.2, 0.25) is 0 Å². The molecule has 0 unspecified atom stereocenters. The van der Waals surface area contributed by atoms with Crippen molar-refractivity contribution in [3.05, 3.63) is 23.0 Å². The minimum Gasteiger partial charge on any atom is -0.496 e. The van der Waals surface area contributed by atoms with Crippen LogP contribution < -0.4 is 10.5 Å². The number of carboxylic acid groups (broad SMARTS) is 1. The summed E-state index contributed by atoms with van der Waals surface area (Å²) >= 11 is 5.88. The maximum Gasteiger partial charge on any atom is 0.377 e. The maximum atomic E-state index is 10.7. The Morgan fingerprint density at radius 2 is 2.28 bits per heavy atom. The molecule has 0 aliphatic carbocycles. The second-order valence-electron chi connectivity index (χ2n) is 3.30. The molecule has 0 saturated carbocycles. The van der Waals surface area contributed by atoms with Crippen molar-refractivity contribution in [1.82, 2.24) is 10.1 Å². The zero-order valence-electron chi connectivity index (χ0n) is 9.18. The predicted molar refractivity (Wildman–Crippen MR) is 62.7 cm³/mol. The third kappa shape index (κ3) is 2.07. The van der Waals surface area contributed by atoms with Gasteiger partial charge in [0.25, 0.3) is 11.7 Å². The second kappa shape index (κ2) is 4.53. The number of benzene rings is 1. The fourth-order valence-corrected chi connectivity index (χ4v) is 1.49. The molecule has 3 N–H and O–H groups in total. The van der Waals surface area contributed by atoms with E-state index >= 15 is 0 Å². The van der Waals surface area contributed by atoms with Crippen LogP contribution in [0.5, 0.6) is 5.75 Å². The fraction of sp³-hybridized carbons (Fsp3) is 0.100. The highest BCUT2D eigenvalue weighted by molar-refractivity contribution is 6.33. The van der Waals surface area contributed by atoms with Gasteiger partial charge >= 0.3 is 5.97 Å². The highest BCUT2D eigenvalue weighted by atomic mass is 35.5. The van der Waals surface area contributed by atoms with Crippen molar-refractivity contribution in [2.75, 3.05) is 12.8 Å². The summed E-state index contributed by atoms with van der Waals surface area (Å²) in [6.07, 6.45) is 0. The van der Waals surface area contributed by atoms with Crippen molar-refractivity contribution in [2.45, 2.75) is 0 Å². The van der Waals surface area contributed by atoms with Crippen LogP contribution in [0, 0.1) is 0 Å². The number of halogens is 1. The van der Waals surface area contributed by atoms with Gasteiger partial charge in [0.15, 0.2) is 0 Å². The van der Waals surface area contributed by atoms with Crippen LogP contribution in [-0.4, -0.2) is 28.3 Å². The molecule has 18 heavy (non-hydrogen) atoms. The fourth-order valence-electron chi connectivity index (χ4n) is 1.32. The van der Waals surface area contributed by atoms with Gasteiger partial charge in [-0.25, -0.2) is 4.79 Å². The molecule has 1 heterocycles. The van der Waals surface area contributed by atoms with E-state index in [-0.39, 0.29) is 10.9 Å². The highest BCUT2D eigenvalue weighted by Crippen LogP contribution is 2.35. The van der Waals surface area contributed by atoms with Crippen LogP contribution in [0.3, 0.4) is 0 Å². The van der Waals surface area contributed by atoms with E-state index in [2.05, 4.69) is 10.1 Å². The van der Waals surface area contributed by atoms with Crippen LogP contribution in [0.15, 0.2) is 16.7 Å². The number of aromatic nitrogens is 2. The lowest BCUT2D eigenvalue weighted by Gasteiger charge is -2.07. The number of carboxylic acids is 1. The molecule has 2 rings (SSSR count). The number of nitrogens with zero attached hydrogens (tertiary/aromatic N) is 2. The van der Waals surface area contributed by atoms with Crippen LogP contribution >= 0.6 is 11.6 Å². The number of hydrogen-bond donors (Lipinski definition) is 2. The van der Waals surface area contributed by atoms with E-state index < -0.39 is 11.8 Å². The summed E-state index contributed by atoms with van der Waals surface area (Å²) in [7, 11) is 1.43. The topological polar surface area (TPSA) is 111 Å². The third-order valence-corrected chi connectivity index (χ3v) is 2.49. The molecule has 7 nitrogen and oxygen atoms in total. The largest absolute Gasteiger partial charge is 0.496 e. The van der Waals surface area contributed by atoms with Crippen LogP contribution in [-0.2, 0) is 0 Å². The molecule has 0 spiro atoms. The standard InChI is InChI=1S/C10H8ClN3O4/c1-17-7-3-6(12)5(11)2-4(7)9-13-8(10(15)16)14-18-9/h2-3H,12H2,1H3,(H,15,16). The van der Waals surface area contributed by atoms with Crippen molar-refractivity contribution in [3.63, 3.8) is 0 Å². The molecule has 0 atom stereocenters. The van der Waals surface area contributed by atoms with Crippen LogP contribution in [0.2, 0.25) is 5.02 Å². The lowest BCUT2D eigenvalue weighted by molar-refractivity contribution is 0.0680. The molecule has 0 amide bonds. The lowest BCUT2D eigenvalue weighted by Crippen LogP contribution is -1.98. The quantitative estimate of drug-likeness (QED) is 0.815. The normalized spacial score (nSPS) is 10.3. The average molecular weight is 270 g/mol. The molecule has 94 valence electrons. The maximum absolute atomic E-state index is 10.7. The summed E-state index contributed by atoms with van der Waals surface area (Å²) in [5.41, 5.74) is 6.32. The Balaban J connectivity index is 2.55. The van der Waals surface area contributed by atoms with Crippen LogP contribution in [0.25, 0.3) is 11.5 Å². The van der Waals surface area contributed by atoms with E-state index in [4.69, 9.17) is 31.7 Å². The zero-order chi connectivity index (χ0) is 13.3. The minimum atomic E-state index is -1.29. The van der Waals surface area contributed by atoms with Gasteiger partial charge < -0.3 is 20.1 Å². The van der Waals surface area contributed by atoms with E-state index in [1.54, 1.807) is 0 Å². The molecule has 2 aromatic rings. The SMILES string of the molecule is COc1cc(N)c(Cl)cc1-c1nc(C(=O)O)no1. The zero-order valence-corrected chi connectivity index (χ0v) is 9.93. The molecule has 8 heteroatoms. The van der Waals surface area contributed by atoms with E-state index in [1.807, 2.05) is 0 Å². The summed E-state index contributed by atoms with van der Waals surface area (Å²) in [4.78, 5) is 14.4. The monoisotopic (exact) mass is 269 g/mol. The van der Waals surface area contributed by atoms with Gasteiger partial charge in [0, 0.05) is 6.07 Å². The molecule has 1 aromatic heterocycles. The molecule has 0 bridgehead atoms. The van der Waals surface area contributed by atoms with Crippen molar-refractivity contribution in [3.8, 4) is 17.2 Å². The van der Waals surface area contributed by atoms with E-state index in [0.717, 1.165) is 0 Å². The number of nitrogens with two attached hydrogens (primary N) is 1. The number of ether oxygens (including phenoxy) is 1. The summed E-state index contributed by atoms with van der Waals surface area (Å²) in [5.74, 6) is -1.38. The number of rotatable bonds is 3. The van der Waals surface area contributed by atoms with Gasteiger partial charge in [0.05, 0.1) is 23.4 Å². The Bertz CT molecular complexity index is 611. The summed E-state index contributed by atoms with van der Waals surface area (Å²) in [6.45, 7) is 0. The first-order valence-electron chi connectivity index (χ1n) is 4.73. The predicted octanol–water partition coefficient (Wildman–Crippen LogP) is 1.68. The molecule has 0 aliphatic rings. The van der Waals surface area contributed by atoms with Gasteiger partial charge in [-0.3, -0.25) is 0 Å². The number of methoxy groups -OCH3 is 1. The first kappa shape index (κ1) is 12.2. The molecule has 0 fully saturated rings. The molecule has 0 aliphatic heterocycles. The number of aromatic carboxylic acids is 1. The summed E-state index contributed by atoms with van der Waals surface area (Å²) in [5, 5.41) is 12.3. The number of hydrogen-bond acceptors (Lipinski definition) is 6. The average Bonchev–Trinajstić information content (AvgIpc) is 2.81. The van der Waals surface area contributed by atoms with Gasteiger partial charge in [-0.2, -0.15) is 4.98 Å². The number of anilines is 1. The van der Waals surface area contributed by atoms with Crippen molar-refractivity contribution in [1.29, 1.82) is 0 Å². The molecular weight excluding hydrogens is 262 g/mol. The van der Waals surface area contributed by atoms with Crippen molar-refractivity contribution < 1.29 is 19.2 Å². The van der Waals surface area contributed by atoms with E-state index in [1.165, 1.54) is 19.2 Å². The Hall–Kier alpha value is -2.28. The Morgan fingerprint density at radius 1 is 1.56 bits per heavy atom. The molecule has 0 radical (unpaired) electrons. The van der Waals surface area contributed by atoms with Crippen LogP contribution in [0.4, 0.5) is 5.69 Å². The first-order chi connectivity index (χ1) is 8.52. The van der Waals surface area contributed by atoms with Gasteiger partial charge in [-0.15, -0.1) is 0 Å². The molecule has 1 aromatic carbocycles. The van der Waals surface area contributed by atoms with Crippen molar-refractivity contribution >= 4 is 23.3 Å². The Labute approximate surface area is 106 Å².